The maximum Gasteiger partial charge on any atom is 0.0828 e. The van der Waals surface area contributed by atoms with Gasteiger partial charge in [-0.3, -0.25) is 4.98 Å². The molecule has 0 saturated heterocycles. The molecule has 5 atom stereocenters. The van der Waals surface area contributed by atoms with E-state index < -0.39 is 0 Å². The summed E-state index contributed by atoms with van der Waals surface area (Å²) in [7, 11) is 0. The topological polar surface area (TPSA) is 33.1 Å². The number of aliphatic hydroxyl groups is 1. The number of allylic oxidation sites excluding steroid dienone is 1. The summed E-state index contributed by atoms with van der Waals surface area (Å²) in [5, 5.41) is 12.2. The van der Waals surface area contributed by atoms with E-state index >= 15 is 0 Å². The third kappa shape index (κ3) is 2.17. The first kappa shape index (κ1) is 14.0. The molecule has 0 spiro atoms. The summed E-state index contributed by atoms with van der Waals surface area (Å²) in [6.45, 7) is 4.00. The molecule has 3 aliphatic carbocycles. The van der Waals surface area contributed by atoms with E-state index in [1.807, 2.05) is 30.5 Å². The average Bonchev–Trinajstić information content (AvgIpc) is 2.60. The van der Waals surface area contributed by atoms with Crippen LogP contribution in [0.15, 0.2) is 49.2 Å². The Morgan fingerprint density at radius 2 is 1.95 bits per heavy atom. The van der Waals surface area contributed by atoms with Gasteiger partial charge in [-0.2, -0.15) is 0 Å². The lowest BCUT2D eigenvalue weighted by molar-refractivity contribution is -0.0217. The molecule has 1 aromatic heterocycles. The molecule has 2 unspecified atom stereocenters. The van der Waals surface area contributed by atoms with E-state index in [9.17, 15) is 5.11 Å². The van der Waals surface area contributed by atoms with E-state index in [-0.39, 0.29) is 6.10 Å². The summed E-state index contributed by atoms with van der Waals surface area (Å²) in [5.74, 6) is 2.40. The summed E-state index contributed by atoms with van der Waals surface area (Å²) < 4.78 is 0. The van der Waals surface area contributed by atoms with Gasteiger partial charge in [0.05, 0.1) is 11.6 Å². The minimum atomic E-state index is -0.369. The highest BCUT2D eigenvalue weighted by Crippen LogP contribution is 2.52. The van der Waals surface area contributed by atoms with Gasteiger partial charge in [0, 0.05) is 11.6 Å². The van der Waals surface area contributed by atoms with Gasteiger partial charge in [-0.05, 0) is 67.1 Å². The van der Waals surface area contributed by atoms with Crippen molar-refractivity contribution in [3.8, 4) is 0 Å². The molecule has 3 aliphatic rings. The maximum atomic E-state index is 11.1. The SMILES string of the molecule is C=C[C@H]1CC2CCC1C[C@H]2[C@H](O)c1ccnc2ccccc12. The van der Waals surface area contributed by atoms with Crippen molar-refractivity contribution in [1.82, 2.24) is 4.98 Å². The van der Waals surface area contributed by atoms with Gasteiger partial charge in [0.25, 0.3) is 0 Å². The Balaban J connectivity index is 1.67. The van der Waals surface area contributed by atoms with Crippen LogP contribution < -0.4 is 0 Å². The quantitative estimate of drug-likeness (QED) is 0.845. The van der Waals surface area contributed by atoms with E-state index in [1.165, 1.54) is 19.3 Å². The van der Waals surface area contributed by atoms with Crippen LogP contribution in [-0.2, 0) is 0 Å². The molecule has 1 aromatic carbocycles. The minimum Gasteiger partial charge on any atom is -0.388 e. The molecule has 3 saturated carbocycles. The van der Waals surface area contributed by atoms with E-state index in [1.54, 1.807) is 0 Å². The summed E-state index contributed by atoms with van der Waals surface area (Å²) in [6, 6.07) is 10.1. The lowest BCUT2D eigenvalue weighted by atomic mass is 9.58. The molecule has 0 amide bonds. The Hall–Kier alpha value is -1.67. The van der Waals surface area contributed by atoms with Crippen LogP contribution >= 0.6 is 0 Å². The lowest BCUT2D eigenvalue weighted by Gasteiger charge is -2.48. The van der Waals surface area contributed by atoms with Crippen LogP contribution in [0, 0.1) is 23.7 Å². The van der Waals surface area contributed by atoms with Gasteiger partial charge in [0.2, 0.25) is 0 Å². The van der Waals surface area contributed by atoms with Crippen LogP contribution in [0.5, 0.6) is 0 Å². The molecule has 2 heteroatoms. The minimum absolute atomic E-state index is 0.369. The lowest BCUT2D eigenvalue weighted by Crippen LogP contribution is -2.39. The predicted octanol–water partition coefficient (Wildman–Crippen LogP) is 4.51. The van der Waals surface area contributed by atoms with Crippen LogP contribution in [-0.4, -0.2) is 10.1 Å². The summed E-state index contributed by atoms with van der Waals surface area (Å²) in [5.41, 5.74) is 2.03. The molecule has 2 nitrogen and oxygen atoms in total. The third-order valence-electron chi connectivity index (χ3n) is 5.98. The number of fused-ring (bicyclic) bond motifs is 4. The summed E-state index contributed by atoms with van der Waals surface area (Å²) in [4.78, 5) is 4.42. The molecule has 114 valence electrons. The van der Waals surface area contributed by atoms with Crippen LogP contribution in [0.3, 0.4) is 0 Å². The highest BCUT2D eigenvalue weighted by molar-refractivity contribution is 5.82. The molecule has 0 aliphatic heterocycles. The highest BCUT2D eigenvalue weighted by atomic mass is 16.3. The first-order valence-corrected chi connectivity index (χ1v) is 8.42. The number of aliphatic hydroxyl groups excluding tert-OH is 1. The Morgan fingerprint density at radius 1 is 1.14 bits per heavy atom. The van der Waals surface area contributed by atoms with Gasteiger partial charge in [-0.15, -0.1) is 6.58 Å². The fraction of sp³-hybridized carbons (Fsp3) is 0.450. The van der Waals surface area contributed by atoms with Crippen LogP contribution in [0.1, 0.15) is 37.4 Å². The molecular weight excluding hydrogens is 270 g/mol. The largest absolute Gasteiger partial charge is 0.388 e. The van der Waals surface area contributed by atoms with Crippen molar-refractivity contribution in [2.45, 2.75) is 31.8 Å². The second-order valence-corrected chi connectivity index (χ2v) is 6.99. The highest BCUT2D eigenvalue weighted by Gasteiger charge is 2.43. The maximum absolute atomic E-state index is 11.1. The van der Waals surface area contributed by atoms with Crippen LogP contribution in [0.2, 0.25) is 0 Å². The molecule has 3 fully saturated rings. The van der Waals surface area contributed by atoms with Crippen molar-refractivity contribution in [3.05, 3.63) is 54.7 Å². The third-order valence-corrected chi connectivity index (χ3v) is 5.98. The van der Waals surface area contributed by atoms with Gasteiger partial charge in [-0.25, -0.2) is 0 Å². The number of hydrogen-bond acceptors (Lipinski definition) is 2. The monoisotopic (exact) mass is 293 g/mol. The first-order chi connectivity index (χ1) is 10.8. The Kier molecular flexibility index (Phi) is 3.50. The van der Waals surface area contributed by atoms with Gasteiger partial charge >= 0.3 is 0 Å². The van der Waals surface area contributed by atoms with Gasteiger partial charge in [0.1, 0.15) is 0 Å². The van der Waals surface area contributed by atoms with E-state index in [2.05, 4.69) is 23.7 Å². The zero-order valence-electron chi connectivity index (χ0n) is 12.9. The van der Waals surface area contributed by atoms with Gasteiger partial charge in [0.15, 0.2) is 0 Å². The molecule has 1 heterocycles. The fourth-order valence-corrected chi connectivity index (χ4v) is 4.81. The average molecular weight is 293 g/mol. The van der Waals surface area contributed by atoms with E-state index in [4.69, 9.17) is 0 Å². The van der Waals surface area contributed by atoms with Crippen molar-refractivity contribution in [2.75, 3.05) is 0 Å². The number of hydrogen-bond donors (Lipinski definition) is 1. The van der Waals surface area contributed by atoms with Gasteiger partial charge < -0.3 is 5.11 Å². The number of rotatable bonds is 3. The van der Waals surface area contributed by atoms with Crippen molar-refractivity contribution >= 4 is 10.9 Å². The van der Waals surface area contributed by atoms with Crippen LogP contribution in [0.25, 0.3) is 10.9 Å². The van der Waals surface area contributed by atoms with Crippen molar-refractivity contribution in [3.63, 3.8) is 0 Å². The number of pyridine rings is 1. The van der Waals surface area contributed by atoms with E-state index in [0.29, 0.717) is 17.8 Å². The van der Waals surface area contributed by atoms with E-state index in [0.717, 1.165) is 28.8 Å². The molecule has 1 N–H and O–H groups in total. The Morgan fingerprint density at radius 3 is 2.73 bits per heavy atom. The normalized spacial score (nSPS) is 32.0. The second kappa shape index (κ2) is 5.51. The number of para-hydroxylation sites is 1. The van der Waals surface area contributed by atoms with Gasteiger partial charge in [-0.1, -0.05) is 24.3 Å². The van der Waals surface area contributed by atoms with Crippen molar-refractivity contribution < 1.29 is 5.11 Å². The van der Waals surface area contributed by atoms with Crippen molar-refractivity contribution in [1.29, 1.82) is 0 Å². The molecule has 5 rings (SSSR count). The fourth-order valence-electron chi connectivity index (χ4n) is 4.81. The zero-order valence-corrected chi connectivity index (χ0v) is 12.9. The number of benzene rings is 1. The summed E-state index contributed by atoms with van der Waals surface area (Å²) in [6.07, 6.45) is 8.52. The Labute approximate surface area is 131 Å². The summed E-state index contributed by atoms with van der Waals surface area (Å²) >= 11 is 0. The molecule has 22 heavy (non-hydrogen) atoms. The van der Waals surface area contributed by atoms with Crippen molar-refractivity contribution in [2.24, 2.45) is 23.7 Å². The number of nitrogens with zero attached hydrogens (tertiary/aromatic N) is 1. The smallest absolute Gasteiger partial charge is 0.0828 e. The first-order valence-electron chi connectivity index (χ1n) is 8.42. The molecule has 2 bridgehead atoms. The molecule has 2 aromatic rings. The zero-order chi connectivity index (χ0) is 15.1. The predicted molar refractivity (Wildman–Crippen MR) is 89.3 cm³/mol. The standard InChI is InChI=1S/C20H23NO/c1-2-13-11-15-8-7-14(13)12-18(15)20(22)17-9-10-21-19-6-4-3-5-16(17)19/h2-6,9-10,13-15,18,20,22H,1,7-8,11-12H2/t13-,14?,15?,18+,20+/m0/s1. The number of aromatic nitrogens is 1. The molecule has 0 radical (unpaired) electrons. The Bertz CT molecular complexity index is 690. The molecular formula is C20H23NO. The van der Waals surface area contributed by atoms with Crippen LogP contribution in [0.4, 0.5) is 0 Å². The second-order valence-electron chi connectivity index (χ2n) is 6.99.